The topological polar surface area (TPSA) is 55.8 Å². The Morgan fingerprint density at radius 3 is 3.00 bits per heavy atom. The number of rotatable bonds is 3. The Morgan fingerprint density at radius 1 is 1.24 bits per heavy atom. The third kappa shape index (κ3) is 3.19. The van der Waals surface area contributed by atoms with Crippen molar-refractivity contribution in [2.75, 3.05) is 51.2 Å². The van der Waals surface area contributed by atoms with Gasteiger partial charge in [0, 0.05) is 44.0 Å². The Bertz CT molecular complexity index is 518. The molecule has 0 atom stereocenters. The summed E-state index contributed by atoms with van der Waals surface area (Å²) in [6.07, 6.45) is 1.97. The molecule has 5 heteroatoms. The highest BCUT2D eigenvalue weighted by Gasteiger charge is 2.21. The molecule has 1 aromatic carbocycles. The van der Waals surface area contributed by atoms with Crippen molar-refractivity contribution in [2.24, 2.45) is 0 Å². The van der Waals surface area contributed by atoms with Crippen LogP contribution in [0, 0.1) is 0 Å². The van der Waals surface area contributed by atoms with Crippen LogP contribution < -0.4 is 5.32 Å². The number of hydrogen-bond acceptors (Lipinski definition) is 4. The minimum Gasteiger partial charge on any atom is -0.395 e. The van der Waals surface area contributed by atoms with E-state index < -0.39 is 0 Å². The molecule has 0 saturated carbocycles. The van der Waals surface area contributed by atoms with Crippen molar-refractivity contribution in [1.29, 1.82) is 0 Å². The van der Waals surface area contributed by atoms with Crippen molar-refractivity contribution in [3.63, 3.8) is 0 Å². The van der Waals surface area contributed by atoms with Gasteiger partial charge in [-0.25, -0.2) is 0 Å². The molecular weight excluding hydrogens is 266 g/mol. The lowest BCUT2D eigenvalue weighted by atomic mass is 10.1. The number of aliphatic hydroxyl groups excluding tert-OH is 1. The Morgan fingerprint density at radius 2 is 2.14 bits per heavy atom. The first-order valence-electron chi connectivity index (χ1n) is 7.77. The first-order valence-corrected chi connectivity index (χ1v) is 7.77. The van der Waals surface area contributed by atoms with Crippen LogP contribution in [0.4, 0.5) is 5.69 Å². The van der Waals surface area contributed by atoms with Crippen LogP contribution in [0.15, 0.2) is 18.2 Å². The summed E-state index contributed by atoms with van der Waals surface area (Å²) in [5, 5.41) is 12.3. The number of fused-ring (bicyclic) bond motifs is 1. The molecule has 114 valence electrons. The number of anilines is 1. The van der Waals surface area contributed by atoms with E-state index in [1.54, 1.807) is 0 Å². The standard InChI is InChI=1S/C16H23N3O2/c20-11-10-18-6-1-7-19(9-8-18)16(21)14-2-3-15-13(12-14)4-5-17-15/h2-3,12,17,20H,1,4-11H2. The molecule has 2 aliphatic rings. The monoisotopic (exact) mass is 289 g/mol. The molecule has 0 spiro atoms. The second-order valence-corrected chi connectivity index (χ2v) is 5.76. The molecule has 0 unspecified atom stereocenters. The van der Waals surface area contributed by atoms with Crippen LogP contribution in [0.2, 0.25) is 0 Å². The summed E-state index contributed by atoms with van der Waals surface area (Å²) in [6, 6.07) is 5.98. The lowest BCUT2D eigenvalue weighted by Crippen LogP contribution is -2.35. The van der Waals surface area contributed by atoms with E-state index in [2.05, 4.69) is 10.2 Å². The summed E-state index contributed by atoms with van der Waals surface area (Å²) in [5.41, 5.74) is 3.21. The van der Waals surface area contributed by atoms with Gasteiger partial charge in [-0.1, -0.05) is 0 Å². The van der Waals surface area contributed by atoms with Gasteiger partial charge in [-0.15, -0.1) is 0 Å². The SMILES string of the molecule is O=C(c1ccc2c(c1)CCN2)N1CCCN(CCO)CC1. The van der Waals surface area contributed by atoms with Crippen molar-refractivity contribution in [2.45, 2.75) is 12.8 Å². The molecular formula is C16H23N3O2. The number of nitrogens with one attached hydrogen (secondary N) is 1. The third-order valence-corrected chi connectivity index (χ3v) is 4.35. The third-order valence-electron chi connectivity index (χ3n) is 4.35. The van der Waals surface area contributed by atoms with Crippen LogP contribution in [0.25, 0.3) is 0 Å². The largest absolute Gasteiger partial charge is 0.395 e. The van der Waals surface area contributed by atoms with Crippen molar-refractivity contribution in [3.8, 4) is 0 Å². The number of β-amino-alcohol motifs (C(OH)–C–C–N with tert-alkyl or cyclic N) is 1. The van der Waals surface area contributed by atoms with Crippen LogP contribution in [0.1, 0.15) is 22.3 Å². The summed E-state index contributed by atoms with van der Waals surface area (Å²) >= 11 is 0. The van der Waals surface area contributed by atoms with E-state index in [0.29, 0.717) is 6.54 Å². The van der Waals surface area contributed by atoms with E-state index in [-0.39, 0.29) is 12.5 Å². The Kier molecular flexibility index (Phi) is 4.41. The van der Waals surface area contributed by atoms with Crippen LogP contribution in [-0.4, -0.2) is 66.7 Å². The minimum absolute atomic E-state index is 0.135. The molecule has 2 heterocycles. The van der Waals surface area contributed by atoms with Crippen LogP contribution in [0.3, 0.4) is 0 Å². The van der Waals surface area contributed by atoms with Gasteiger partial charge in [0.2, 0.25) is 0 Å². The zero-order chi connectivity index (χ0) is 14.7. The van der Waals surface area contributed by atoms with Gasteiger partial charge < -0.3 is 15.3 Å². The average Bonchev–Trinajstić information content (AvgIpc) is 2.85. The Labute approximate surface area is 125 Å². The summed E-state index contributed by atoms with van der Waals surface area (Å²) < 4.78 is 0. The normalized spacial score (nSPS) is 19.0. The molecule has 5 nitrogen and oxygen atoms in total. The molecule has 3 rings (SSSR count). The maximum Gasteiger partial charge on any atom is 0.253 e. The fourth-order valence-electron chi connectivity index (χ4n) is 3.16. The predicted molar refractivity (Wildman–Crippen MR) is 82.7 cm³/mol. The molecule has 1 saturated heterocycles. The highest BCUT2D eigenvalue weighted by atomic mass is 16.3. The number of carbonyl (C=O) groups is 1. The summed E-state index contributed by atoms with van der Waals surface area (Å²) in [5.74, 6) is 0.135. The molecule has 0 aromatic heterocycles. The zero-order valence-corrected chi connectivity index (χ0v) is 12.3. The average molecular weight is 289 g/mol. The van der Waals surface area contributed by atoms with Gasteiger partial charge in [0.05, 0.1) is 6.61 Å². The van der Waals surface area contributed by atoms with Gasteiger partial charge in [-0.3, -0.25) is 9.69 Å². The van der Waals surface area contributed by atoms with Gasteiger partial charge in [-0.05, 0) is 43.1 Å². The van der Waals surface area contributed by atoms with E-state index in [0.717, 1.165) is 56.8 Å². The van der Waals surface area contributed by atoms with Gasteiger partial charge in [0.15, 0.2) is 0 Å². The Hall–Kier alpha value is -1.59. The van der Waals surface area contributed by atoms with Gasteiger partial charge >= 0.3 is 0 Å². The van der Waals surface area contributed by atoms with Crippen LogP contribution in [-0.2, 0) is 6.42 Å². The van der Waals surface area contributed by atoms with Gasteiger partial charge in [-0.2, -0.15) is 0 Å². The Balaban J connectivity index is 1.67. The zero-order valence-electron chi connectivity index (χ0n) is 12.3. The fraction of sp³-hybridized carbons (Fsp3) is 0.562. The fourth-order valence-corrected chi connectivity index (χ4v) is 3.16. The van der Waals surface area contributed by atoms with E-state index in [1.165, 1.54) is 5.56 Å². The smallest absolute Gasteiger partial charge is 0.253 e. The summed E-state index contributed by atoms with van der Waals surface area (Å²) in [7, 11) is 0. The number of carbonyl (C=O) groups excluding carboxylic acids is 1. The van der Waals surface area contributed by atoms with Crippen molar-refractivity contribution in [3.05, 3.63) is 29.3 Å². The molecule has 0 aliphatic carbocycles. The maximum atomic E-state index is 12.7. The molecule has 1 amide bonds. The second kappa shape index (κ2) is 6.45. The van der Waals surface area contributed by atoms with Crippen LogP contribution >= 0.6 is 0 Å². The van der Waals surface area contributed by atoms with Crippen molar-refractivity contribution in [1.82, 2.24) is 9.80 Å². The van der Waals surface area contributed by atoms with E-state index in [1.807, 2.05) is 23.1 Å². The van der Waals surface area contributed by atoms with Gasteiger partial charge in [0.25, 0.3) is 5.91 Å². The molecule has 2 aliphatic heterocycles. The molecule has 21 heavy (non-hydrogen) atoms. The molecule has 1 aromatic rings. The number of aliphatic hydroxyl groups is 1. The highest BCUT2D eigenvalue weighted by Crippen LogP contribution is 2.23. The lowest BCUT2D eigenvalue weighted by molar-refractivity contribution is 0.0760. The second-order valence-electron chi connectivity index (χ2n) is 5.76. The number of benzene rings is 1. The number of hydrogen-bond donors (Lipinski definition) is 2. The highest BCUT2D eigenvalue weighted by molar-refractivity contribution is 5.95. The first-order chi connectivity index (χ1) is 10.3. The number of amides is 1. The van der Waals surface area contributed by atoms with Crippen molar-refractivity contribution < 1.29 is 9.90 Å². The quantitative estimate of drug-likeness (QED) is 0.864. The van der Waals surface area contributed by atoms with Gasteiger partial charge in [0.1, 0.15) is 0 Å². The molecule has 1 fully saturated rings. The predicted octanol–water partition coefficient (Wildman–Crippen LogP) is 0.795. The molecule has 0 radical (unpaired) electrons. The number of nitrogens with zero attached hydrogens (tertiary/aromatic N) is 2. The lowest BCUT2D eigenvalue weighted by Gasteiger charge is -2.21. The van der Waals surface area contributed by atoms with Crippen molar-refractivity contribution >= 4 is 11.6 Å². The van der Waals surface area contributed by atoms with E-state index >= 15 is 0 Å². The molecule has 2 N–H and O–H groups in total. The van der Waals surface area contributed by atoms with E-state index in [4.69, 9.17) is 5.11 Å². The van der Waals surface area contributed by atoms with Crippen LogP contribution in [0.5, 0.6) is 0 Å². The molecule has 0 bridgehead atoms. The minimum atomic E-state index is 0.135. The summed E-state index contributed by atoms with van der Waals surface area (Å²) in [4.78, 5) is 16.8. The van der Waals surface area contributed by atoms with E-state index in [9.17, 15) is 4.79 Å². The first kappa shape index (κ1) is 14.4. The summed E-state index contributed by atoms with van der Waals surface area (Å²) in [6.45, 7) is 5.20. The maximum absolute atomic E-state index is 12.7.